The third-order valence-corrected chi connectivity index (χ3v) is 5.37. The van der Waals surface area contributed by atoms with Crippen molar-refractivity contribution in [2.45, 2.75) is 46.5 Å². The zero-order valence-electron chi connectivity index (χ0n) is 23.7. The molecule has 1 aromatic heterocycles. The molecular formula is C38H20N2OS. The first-order valence-corrected chi connectivity index (χ1v) is 13.1. The quantitative estimate of drug-likeness (QED) is 0.531. The first-order chi connectivity index (χ1) is 20.5. The summed E-state index contributed by atoms with van der Waals surface area (Å²) in [6.45, 7) is 10.8. The monoisotopic (exact) mass is 552 g/mol. The van der Waals surface area contributed by atoms with Crippen LogP contribution in [0.3, 0.4) is 0 Å². The molecule has 0 aliphatic heterocycles. The molecule has 0 aliphatic carbocycles. The Morgan fingerprint density at radius 3 is 1.31 bits per heavy atom. The summed E-state index contributed by atoms with van der Waals surface area (Å²) in [5.74, 6) is 59.6. The van der Waals surface area contributed by atoms with E-state index < -0.39 is 0 Å². The van der Waals surface area contributed by atoms with Crippen molar-refractivity contribution >= 4 is 22.8 Å². The standard InChI is InChI=1S/C38H20N2OS/c1-7-8-9-10-11-12-13-14-15-16-17-18-19-20-21-22-23-24-25-26-27-28-29-30-41-38-33(6)34(31(2)3)36-37(40-42-39-36)35(38)32(4)5/h1,31-32H,30H2,2-6H3. The topological polar surface area (TPSA) is 35.0 Å². The maximum atomic E-state index is 6.12. The van der Waals surface area contributed by atoms with E-state index >= 15 is 0 Å². The molecule has 4 heteroatoms. The van der Waals surface area contributed by atoms with Crippen LogP contribution in [0.15, 0.2) is 0 Å². The van der Waals surface area contributed by atoms with Crippen molar-refractivity contribution in [1.82, 2.24) is 8.75 Å². The molecule has 0 unspecified atom stereocenters. The van der Waals surface area contributed by atoms with Gasteiger partial charge in [0.2, 0.25) is 0 Å². The van der Waals surface area contributed by atoms with Crippen LogP contribution in [-0.2, 0) is 0 Å². The van der Waals surface area contributed by atoms with Gasteiger partial charge < -0.3 is 4.74 Å². The van der Waals surface area contributed by atoms with Gasteiger partial charge in [0, 0.05) is 41.1 Å². The number of ether oxygens (including phenoxy) is 1. The van der Waals surface area contributed by atoms with Crippen LogP contribution < -0.4 is 4.74 Å². The van der Waals surface area contributed by atoms with Crippen molar-refractivity contribution in [3.63, 3.8) is 0 Å². The van der Waals surface area contributed by atoms with Crippen LogP contribution in [0, 0.1) is 150 Å². The summed E-state index contributed by atoms with van der Waals surface area (Å²) in [6.07, 6.45) is 4.95. The average molecular weight is 553 g/mol. The summed E-state index contributed by atoms with van der Waals surface area (Å²) in [4.78, 5) is 0. The lowest BCUT2D eigenvalue weighted by Crippen LogP contribution is -2.06. The van der Waals surface area contributed by atoms with Crippen molar-refractivity contribution in [3.05, 3.63) is 16.7 Å². The van der Waals surface area contributed by atoms with Gasteiger partial charge in [-0.3, -0.25) is 0 Å². The van der Waals surface area contributed by atoms with Gasteiger partial charge in [-0.1, -0.05) is 27.7 Å². The van der Waals surface area contributed by atoms with E-state index in [2.05, 4.69) is 180 Å². The number of terminal acetylenes is 1. The maximum Gasteiger partial charge on any atom is 0.150 e. The third-order valence-electron chi connectivity index (χ3n) is 4.84. The highest BCUT2D eigenvalue weighted by Crippen LogP contribution is 2.41. The van der Waals surface area contributed by atoms with Gasteiger partial charge in [-0.25, -0.2) is 0 Å². The number of rotatable bonds is 4. The van der Waals surface area contributed by atoms with E-state index in [9.17, 15) is 0 Å². The fourth-order valence-electron chi connectivity index (χ4n) is 3.40. The highest BCUT2D eigenvalue weighted by molar-refractivity contribution is 7.00. The Labute approximate surface area is 253 Å². The first kappa shape index (κ1) is 31.8. The lowest BCUT2D eigenvalue weighted by atomic mass is 9.89. The largest absolute Gasteiger partial charge is 0.480 e. The molecule has 0 radical (unpaired) electrons. The van der Waals surface area contributed by atoms with Crippen LogP contribution in [0.25, 0.3) is 11.0 Å². The molecule has 0 aliphatic rings. The normalized spacial score (nSPS) is 7.48. The molecule has 2 rings (SSSR count). The summed E-state index contributed by atoms with van der Waals surface area (Å²) in [7, 11) is 0. The molecule has 0 saturated carbocycles. The highest BCUT2D eigenvalue weighted by Gasteiger charge is 2.24. The predicted octanol–water partition coefficient (Wildman–Crippen LogP) is 4.30. The zero-order valence-corrected chi connectivity index (χ0v) is 24.5. The molecule has 1 heterocycles. The molecule has 42 heavy (non-hydrogen) atoms. The highest BCUT2D eigenvalue weighted by atomic mass is 32.1. The lowest BCUT2D eigenvalue weighted by molar-refractivity contribution is 0.362. The number of hydrogen-bond acceptors (Lipinski definition) is 4. The van der Waals surface area contributed by atoms with Crippen molar-refractivity contribution in [3.8, 4) is 148 Å². The second-order valence-electron chi connectivity index (χ2n) is 8.29. The van der Waals surface area contributed by atoms with Gasteiger partial charge in [0.1, 0.15) is 23.4 Å². The Balaban J connectivity index is 1.91. The third kappa shape index (κ3) is 10.7. The fourth-order valence-corrected chi connectivity index (χ4v) is 3.97. The Bertz CT molecular complexity index is 2130. The molecule has 194 valence electrons. The van der Waals surface area contributed by atoms with E-state index in [-0.39, 0.29) is 12.5 Å². The Hall–Kier alpha value is -6.44. The molecule has 0 saturated heterocycles. The van der Waals surface area contributed by atoms with E-state index in [0.29, 0.717) is 5.92 Å². The summed E-state index contributed by atoms with van der Waals surface area (Å²) >= 11 is 1.23. The van der Waals surface area contributed by atoms with E-state index in [0.717, 1.165) is 33.5 Å². The molecule has 1 aromatic carbocycles. The minimum Gasteiger partial charge on any atom is -0.480 e. The molecule has 0 atom stereocenters. The average Bonchev–Trinajstić information content (AvgIpc) is 3.43. The molecular weight excluding hydrogens is 532 g/mol. The maximum absolute atomic E-state index is 6.12. The summed E-state index contributed by atoms with van der Waals surface area (Å²) in [5, 5.41) is 0. The van der Waals surface area contributed by atoms with Gasteiger partial charge in [0.05, 0.1) is 11.7 Å². The zero-order chi connectivity index (χ0) is 30.4. The molecule has 0 bridgehead atoms. The molecule has 0 fully saturated rings. The van der Waals surface area contributed by atoms with Crippen LogP contribution in [-0.4, -0.2) is 15.4 Å². The molecule has 2 aromatic rings. The van der Waals surface area contributed by atoms with E-state index in [1.807, 2.05) is 0 Å². The molecule has 0 spiro atoms. The van der Waals surface area contributed by atoms with Crippen molar-refractivity contribution in [2.75, 3.05) is 6.61 Å². The van der Waals surface area contributed by atoms with E-state index in [1.54, 1.807) is 0 Å². The SMILES string of the molecule is C#CC#CC#CC#CC#CC#CC#CC#CC#CC#CC#CC#CCOc1c(C)c(C(C)C)c2nsnc2c1C(C)C. The van der Waals surface area contributed by atoms with Gasteiger partial charge in [0.15, 0.2) is 0 Å². The van der Waals surface area contributed by atoms with Crippen molar-refractivity contribution in [1.29, 1.82) is 0 Å². The van der Waals surface area contributed by atoms with Gasteiger partial charge in [-0.15, -0.1) is 6.42 Å². The van der Waals surface area contributed by atoms with Crippen LogP contribution in [0.2, 0.25) is 0 Å². The summed E-state index contributed by atoms with van der Waals surface area (Å²) in [6, 6.07) is 0. The first-order valence-electron chi connectivity index (χ1n) is 12.3. The predicted molar refractivity (Wildman–Crippen MR) is 170 cm³/mol. The van der Waals surface area contributed by atoms with Crippen LogP contribution in [0.5, 0.6) is 5.75 Å². The van der Waals surface area contributed by atoms with Crippen molar-refractivity contribution < 1.29 is 4.74 Å². The van der Waals surface area contributed by atoms with Crippen molar-refractivity contribution in [2.24, 2.45) is 0 Å². The molecule has 3 nitrogen and oxygen atoms in total. The second kappa shape index (κ2) is 18.8. The Morgan fingerprint density at radius 1 is 0.571 bits per heavy atom. The van der Waals surface area contributed by atoms with Crippen LogP contribution >= 0.6 is 11.7 Å². The smallest absolute Gasteiger partial charge is 0.150 e. The van der Waals surface area contributed by atoms with Gasteiger partial charge in [0.25, 0.3) is 0 Å². The van der Waals surface area contributed by atoms with Gasteiger partial charge in [-0.05, 0) is 131 Å². The van der Waals surface area contributed by atoms with Gasteiger partial charge >= 0.3 is 0 Å². The number of hydrogen-bond donors (Lipinski definition) is 0. The number of benzene rings is 1. The summed E-state index contributed by atoms with van der Waals surface area (Å²) in [5.41, 5.74) is 5.17. The molecule has 0 N–H and O–H groups in total. The number of nitrogens with zero attached hydrogens (tertiary/aromatic N) is 2. The minimum atomic E-state index is 0.199. The second-order valence-corrected chi connectivity index (χ2v) is 8.82. The van der Waals surface area contributed by atoms with E-state index in [1.165, 1.54) is 11.7 Å². The Kier molecular flexibility index (Phi) is 14.2. The van der Waals surface area contributed by atoms with Crippen LogP contribution in [0.1, 0.15) is 56.2 Å². The van der Waals surface area contributed by atoms with E-state index in [4.69, 9.17) is 11.2 Å². The fraction of sp³-hybridized carbons (Fsp3) is 0.211. The number of aromatic nitrogens is 2. The Morgan fingerprint density at radius 2 is 0.929 bits per heavy atom. The minimum absolute atomic E-state index is 0.199. The number of fused-ring (bicyclic) bond motifs is 1. The molecule has 0 amide bonds. The van der Waals surface area contributed by atoms with Crippen LogP contribution in [0.4, 0.5) is 0 Å². The summed E-state index contributed by atoms with van der Waals surface area (Å²) < 4.78 is 15.2. The lowest BCUT2D eigenvalue weighted by Gasteiger charge is -2.20. The van der Waals surface area contributed by atoms with Gasteiger partial charge in [-0.2, -0.15) is 8.75 Å².